The van der Waals surface area contributed by atoms with Gasteiger partial charge in [-0.05, 0) is 30.5 Å². The Morgan fingerprint density at radius 1 is 1.43 bits per heavy atom. The average Bonchev–Trinajstić information content (AvgIpc) is 3.14. The van der Waals surface area contributed by atoms with E-state index in [-0.39, 0.29) is 33.7 Å². The first-order valence-corrected chi connectivity index (χ1v) is 7.93. The number of hydrogen-bond donors (Lipinski definition) is 3. The fraction of sp³-hybridized carbons (Fsp3) is 0.375. The molecule has 1 saturated carbocycles. The monoisotopic (exact) mass is 336 g/mol. The molecular weight excluding hydrogens is 319 g/mol. The van der Waals surface area contributed by atoms with Gasteiger partial charge in [0.05, 0.1) is 0 Å². The van der Waals surface area contributed by atoms with Gasteiger partial charge in [-0.15, -0.1) is 0 Å². The van der Waals surface area contributed by atoms with Crippen molar-refractivity contribution < 1.29 is 9.18 Å². The molecule has 3 rings (SSSR count). The highest BCUT2D eigenvalue weighted by atomic mass is 35.5. The Hall–Kier alpha value is -2.08. The number of H-pyrrole nitrogens is 1. The third-order valence-electron chi connectivity index (χ3n) is 4.54. The van der Waals surface area contributed by atoms with E-state index in [9.17, 15) is 9.18 Å². The zero-order valence-electron chi connectivity index (χ0n) is 12.5. The number of nitrogen functional groups attached to an aromatic ring is 1. The normalized spacial score (nSPS) is 16.4. The van der Waals surface area contributed by atoms with E-state index in [1.165, 1.54) is 6.07 Å². The number of aromatic amines is 1. The molecule has 0 unspecified atom stereocenters. The molecule has 1 aliphatic rings. The van der Waals surface area contributed by atoms with Crippen molar-refractivity contribution in [1.29, 1.82) is 0 Å². The van der Waals surface area contributed by atoms with E-state index in [4.69, 9.17) is 17.3 Å². The van der Waals surface area contributed by atoms with Gasteiger partial charge in [0.25, 0.3) is 5.91 Å². The minimum absolute atomic E-state index is 0.0949. The summed E-state index contributed by atoms with van der Waals surface area (Å²) in [5, 5.41) is 9.25. The number of hydrogen-bond acceptors (Lipinski definition) is 3. The van der Waals surface area contributed by atoms with Crippen LogP contribution in [0.5, 0.6) is 0 Å². The van der Waals surface area contributed by atoms with Gasteiger partial charge in [-0.25, -0.2) is 4.39 Å². The Morgan fingerprint density at radius 3 is 2.78 bits per heavy atom. The van der Waals surface area contributed by atoms with Crippen molar-refractivity contribution in [2.75, 3.05) is 12.3 Å². The fourth-order valence-corrected chi connectivity index (χ4v) is 3.44. The highest BCUT2D eigenvalue weighted by Gasteiger charge is 2.36. The maximum atomic E-state index is 13.6. The number of carbonyl (C=O) groups excluding carboxylic acids is 1. The lowest BCUT2D eigenvalue weighted by Crippen LogP contribution is -2.39. The molecule has 2 aromatic rings. The average molecular weight is 337 g/mol. The van der Waals surface area contributed by atoms with E-state index in [1.54, 1.807) is 12.1 Å². The SMILES string of the molecule is Nc1n[nH]c(C(=O)NCC2(c3cccc(F)c3)CCCC2)c1Cl. The standard InChI is InChI=1S/C16H18ClFN4O/c17-12-13(21-22-14(12)19)15(23)20-9-16(6-1-2-7-16)10-4-3-5-11(18)8-10/h3-5,8H,1-2,6-7,9H2,(H,20,23)(H3,19,21,22). The topological polar surface area (TPSA) is 83.8 Å². The maximum absolute atomic E-state index is 13.6. The first-order valence-electron chi connectivity index (χ1n) is 7.55. The van der Waals surface area contributed by atoms with Crippen LogP contribution in [0.1, 0.15) is 41.7 Å². The number of rotatable bonds is 4. The first kappa shape index (κ1) is 15.8. The van der Waals surface area contributed by atoms with E-state index in [0.29, 0.717) is 6.54 Å². The molecular formula is C16H18ClFN4O. The van der Waals surface area contributed by atoms with Crippen molar-refractivity contribution >= 4 is 23.3 Å². The zero-order valence-corrected chi connectivity index (χ0v) is 13.3. The van der Waals surface area contributed by atoms with E-state index >= 15 is 0 Å². The van der Waals surface area contributed by atoms with Crippen LogP contribution in [-0.4, -0.2) is 22.6 Å². The van der Waals surface area contributed by atoms with Gasteiger partial charge in [0, 0.05) is 12.0 Å². The molecule has 122 valence electrons. The number of nitrogens with two attached hydrogens (primary N) is 1. The number of halogens is 2. The lowest BCUT2D eigenvalue weighted by molar-refractivity contribution is 0.0938. The molecule has 0 aliphatic heterocycles. The Kier molecular flexibility index (Phi) is 4.26. The third kappa shape index (κ3) is 3.03. The van der Waals surface area contributed by atoms with Gasteiger partial charge in [-0.3, -0.25) is 9.89 Å². The van der Waals surface area contributed by atoms with Crippen molar-refractivity contribution in [3.8, 4) is 0 Å². The molecule has 0 atom stereocenters. The summed E-state index contributed by atoms with van der Waals surface area (Å²) in [7, 11) is 0. The number of anilines is 1. The summed E-state index contributed by atoms with van der Waals surface area (Å²) in [6.45, 7) is 0.421. The molecule has 4 N–H and O–H groups in total. The number of nitrogens with zero attached hydrogens (tertiary/aromatic N) is 1. The molecule has 1 fully saturated rings. The Balaban J connectivity index is 1.78. The van der Waals surface area contributed by atoms with E-state index in [2.05, 4.69) is 15.5 Å². The number of benzene rings is 1. The third-order valence-corrected chi connectivity index (χ3v) is 4.93. The summed E-state index contributed by atoms with van der Waals surface area (Å²) in [6, 6.07) is 6.61. The second kappa shape index (κ2) is 6.20. The van der Waals surface area contributed by atoms with E-state index in [1.807, 2.05) is 6.07 Å². The van der Waals surface area contributed by atoms with Crippen LogP contribution in [0.2, 0.25) is 5.02 Å². The van der Waals surface area contributed by atoms with Crippen LogP contribution in [0, 0.1) is 5.82 Å². The van der Waals surface area contributed by atoms with Gasteiger partial charge in [0.1, 0.15) is 16.5 Å². The summed E-state index contributed by atoms with van der Waals surface area (Å²) in [5.74, 6) is -0.524. The van der Waals surface area contributed by atoms with Crippen molar-refractivity contribution in [3.05, 3.63) is 46.4 Å². The molecule has 0 spiro atoms. The summed E-state index contributed by atoms with van der Waals surface area (Å²) in [5.41, 5.74) is 6.37. The number of nitrogens with one attached hydrogen (secondary N) is 2. The predicted molar refractivity (Wildman–Crippen MR) is 86.9 cm³/mol. The van der Waals surface area contributed by atoms with Crippen LogP contribution in [0.3, 0.4) is 0 Å². The van der Waals surface area contributed by atoms with Gasteiger partial charge >= 0.3 is 0 Å². The second-order valence-corrected chi connectivity index (χ2v) is 6.36. The van der Waals surface area contributed by atoms with Crippen LogP contribution in [0.25, 0.3) is 0 Å². The number of aromatic nitrogens is 2. The van der Waals surface area contributed by atoms with E-state index < -0.39 is 0 Å². The molecule has 5 nitrogen and oxygen atoms in total. The summed E-state index contributed by atoms with van der Waals surface area (Å²) < 4.78 is 13.6. The predicted octanol–water partition coefficient (Wildman–Crippen LogP) is 3.03. The number of carbonyl (C=O) groups is 1. The molecule has 1 aliphatic carbocycles. The van der Waals surface area contributed by atoms with Crippen molar-refractivity contribution in [2.45, 2.75) is 31.1 Å². The molecule has 7 heteroatoms. The minimum atomic E-state index is -0.359. The Morgan fingerprint density at radius 2 is 2.17 bits per heavy atom. The summed E-state index contributed by atoms with van der Waals surface area (Å²) in [6.07, 6.45) is 3.94. The zero-order chi connectivity index (χ0) is 16.4. The molecule has 1 amide bonds. The Bertz CT molecular complexity index is 725. The molecule has 1 heterocycles. The molecule has 1 aromatic heterocycles. The molecule has 0 radical (unpaired) electrons. The van der Waals surface area contributed by atoms with Crippen molar-refractivity contribution in [2.24, 2.45) is 0 Å². The lowest BCUT2D eigenvalue weighted by Gasteiger charge is -2.30. The van der Waals surface area contributed by atoms with Crippen LogP contribution >= 0.6 is 11.6 Å². The minimum Gasteiger partial charge on any atom is -0.381 e. The molecule has 1 aromatic carbocycles. The van der Waals surface area contributed by atoms with Crippen LogP contribution in [-0.2, 0) is 5.41 Å². The molecule has 0 saturated heterocycles. The summed E-state index contributed by atoms with van der Waals surface area (Å²) in [4.78, 5) is 12.3. The van der Waals surface area contributed by atoms with Gasteiger partial charge in [0.15, 0.2) is 5.82 Å². The molecule has 23 heavy (non-hydrogen) atoms. The molecule has 0 bridgehead atoms. The van der Waals surface area contributed by atoms with Crippen LogP contribution in [0.15, 0.2) is 24.3 Å². The number of amides is 1. The van der Waals surface area contributed by atoms with Gasteiger partial charge in [-0.1, -0.05) is 36.6 Å². The van der Waals surface area contributed by atoms with Gasteiger partial charge < -0.3 is 11.1 Å². The quantitative estimate of drug-likeness (QED) is 0.802. The Labute approximate surface area is 138 Å². The van der Waals surface area contributed by atoms with Gasteiger partial charge in [-0.2, -0.15) is 5.10 Å². The van der Waals surface area contributed by atoms with Crippen LogP contribution < -0.4 is 11.1 Å². The van der Waals surface area contributed by atoms with E-state index in [0.717, 1.165) is 31.2 Å². The fourth-order valence-electron chi connectivity index (χ4n) is 3.27. The van der Waals surface area contributed by atoms with Gasteiger partial charge in [0.2, 0.25) is 0 Å². The largest absolute Gasteiger partial charge is 0.381 e. The maximum Gasteiger partial charge on any atom is 0.270 e. The summed E-state index contributed by atoms with van der Waals surface area (Å²) >= 11 is 5.94. The smallest absolute Gasteiger partial charge is 0.270 e. The second-order valence-electron chi connectivity index (χ2n) is 5.98. The lowest BCUT2D eigenvalue weighted by atomic mass is 9.78. The highest BCUT2D eigenvalue weighted by Crippen LogP contribution is 2.40. The van der Waals surface area contributed by atoms with Crippen molar-refractivity contribution in [3.63, 3.8) is 0 Å². The highest BCUT2D eigenvalue weighted by molar-refractivity contribution is 6.35. The first-order chi connectivity index (χ1) is 11.0. The van der Waals surface area contributed by atoms with Crippen molar-refractivity contribution in [1.82, 2.24) is 15.5 Å². The van der Waals surface area contributed by atoms with Crippen LogP contribution in [0.4, 0.5) is 10.2 Å².